The van der Waals surface area contributed by atoms with Crippen molar-refractivity contribution in [3.8, 4) is 0 Å². The smallest absolute Gasteiger partial charge is 0.408 e. The number of nitrogens with one attached hydrogen (secondary N) is 1. The molecule has 6 rings (SSSR count). The molecule has 3 saturated carbocycles. The normalized spacial score (nSPS) is 31.9. The van der Waals surface area contributed by atoms with Crippen molar-refractivity contribution >= 4 is 12.1 Å². The lowest BCUT2D eigenvalue weighted by Gasteiger charge is -2.53. The van der Waals surface area contributed by atoms with Crippen LogP contribution < -0.4 is 5.32 Å². The van der Waals surface area contributed by atoms with Crippen molar-refractivity contribution in [3.05, 3.63) is 71.8 Å². The van der Waals surface area contributed by atoms with E-state index in [4.69, 9.17) is 14.2 Å². The molecule has 2 aromatic rings. The van der Waals surface area contributed by atoms with Crippen molar-refractivity contribution in [1.29, 1.82) is 0 Å². The fraction of sp³-hybridized carbons (Fsp3) is 0.481. The Morgan fingerprint density at radius 2 is 1.58 bits per heavy atom. The van der Waals surface area contributed by atoms with Gasteiger partial charge in [-0.25, -0.2) is 4.79 Å². The Kier molecular flexibility index (Phi) is 5.05. The maximum Gasteiger partial charge on any atom is 0.408 e. The standard InChI is InChI=1S/C27H31NO5/c1-24(2,3)33-22(29)25-14-16-26(17-15-25,27(21(25)32-27)20-12-8-5-9-13-20)28-23(30)31-18-19-10-6-4-7-11-19/h4-13,21H,14-18H2,1-3H3,(H,28,30). The number of epoxide rings is 1. The molecule has 1 heterocycles. The van der Waals surface area contributed by atoms with Crippen LogP contribution in [-0.2, 0) is 31.2 Å². The van der Waals surface area contributed by atoms with Gasteiger partial charge in [0.15, 0.2) is 0 Å². The first-order valence-corrected chi connectivity index (χ1v) is 11.7. The van der Waals surface area contributed by atoms with E-state index in [-0.39, 0.29) is 18.7 Å². The Hall–Kier alpha value is -2.86. The molecule has 0 radical (unpaired) electrons. The van der Waals surface area contributed by atoms with Crippen LogP contribution in [0.1, 0.15) is 57.6 Å². The van der Waals surface area contributed by atoms with Gasteiger partial charge < -0.3 is 19.5 Å². The number of fused-ring (bicyclic) bond motifs is 2. The molecule has 0 spiro atoms. The minimum absolute atomic E-state index is 0.197. The predicted octanol–water partition coefficient (Wildman–Crippen LogP) is 4.86. The first-order valence-electron chi connectivity index (χ1n) is 11.7. The quantitative estimate of drug-likeness (QED) is 0.521. The zero-order valence-corrected chi connectivity index (χ0v) is 19.4. The molecule has 4 aliphatic rings. The summed E-state index contributed by atoms with van der Waals surface area (Å²) < 4.78 is 17.9. The maximum absolute atomic E-state index is 13.4. The summed E-state index contributed by atoms with van der Waals surface area (Å²) in [7, 11) is 0. The number of esters is 1. The Morgan fingerprint density at radius 3 is 2.18 bits per heavy atom. The lowest BCUT2D eigenvalue weighted by molar-refractivity contribution is -0.174. The molecule has 1 amide bonds. The molecule has 1 N–H and O–H groups in total. The third kappa shape index (κ3) is 3.52. The van der Waals surface area contributed by atoms with E-state index in [0.717, 1.165) is 11.1 Å². The number of hydrogen-bond donors (Lipinski definition) is 1. The molecule has 1 saturated heterocycles. The molecule has 33 heavy (non-hydrogen) atoms. The summed E-state index contributed by atoms with van der Waals surface area (Å²) in [6.45, 7) is 5.87. The monoisotopic (exact) mass is 449 g/mol. The Balaban J connectivity index is 1.42. The minimum Gasteiger partial charge on any atom is -0.459 e. The van der Waals surface area contributed by atoms with E-state index < -0.39 is 28.2 Å². The molecule has 2 bridgehead atoms. The van der Waals surface area contributed by atoms with Gasteiger partial charge in [-0.15, -0.1) is 0 Å². The highest BCUT2D eigenvalue weighted by Crippen LogP contribution is 2.72. The van der Waals surface area contributed by atoms with Gasteiger partial charge in [0.2, 0.25) is 0 Å². The minimum atomic E-state index is -0.757. The Morgan fingerprint density at radius 1 is 0.970 bits per heavy atom. The lowest BCUT2D eigenvalue weighted by atomic mass is 9.51. The summed E-state index contributed by atoms with van der Waals surface area (Å²) in [5.41, 5.74) is -0.739. The van der Waals surface area contributed by atoms with Gasteiger partial charge in [-0.3, -0.25) is 4.79 Å². The second kappa shape index (κ2) is 7.59. The van der Waals surface area contributed by atoms with Crippen LogP contribution in [0.5, 0.6) is 0 Å². The van der Waals surface area contributed by atoms with E-state index >= 15 is 0 Å². The van der Waals surface area contributed by atoms with Gasteiger partial charge in [-0.1, -0.05) is 60.7 Å². The first kappa shape index (κ1) is 22.0. The van der Waals surface area contributed by atoms with Crippen LogP contribution in [0.4, 0.5) is 4.79 Å². The molecule has 4 fully saturated rings. The molecular weight excluding hydrogens is 418 g/mol. The number of benzene rings is 2. The van der Waals surface area contributed by atoms with Gasteiger partial charge in [0.25, 0.3) is 0 Å². The highest BCUT2D eigenvalue weighted by Gasteiger charge is 2.83. The van der Waals surface area contributed by atoms with Gasteiger partial charge in [-0.05, 0) is 57.6 Å². The first-order chi connectivity index (χ1) is 15.7. The van der Waals surface area contributed by atoms with E-state index in [9.17, 15) is 9.59 Å². The van der Waals surface area contributed by atoms with Crippen molar-refractivity contribution in [1.82, 2.24) is 5.32 Å². The van der Waals surface area contributed by atoms with Gasteiger partial charge in [0.05, 0.1) is 11.0 Å². The van der Waals surface area contributed by atoms with E-state index in [1.807, 2.05) is 81.4 Å². The number of ether oxygens (including phenoxy) is 3. The lowest BCUT2D eigenvalue weighted by Crippen LogP contribution is -2.67. The van der Waals surface area contributed by atoms with E-state index in [0.29, 0.717) is 25.7 Å². The zero-order valence-electron chi connectivity index (χ0n) is 19.4. The van der Waals surface area contributed by atoms with Crippen molar-refractivity contribution < 1.29 is 23.8 Å². The number of hydrogen-bond acceptors (Lipinski definition) is 5. The summed E-state index contributed by atoms with van der Waals surface area (Å²) in [6, 6.07) is 19.5. The molecule has 2 atom stereocenters. The van der Waals surface area contributed by atoms with Gasteiger partial charge >= 0.3 is 12.1 Å². The third-order valence-electron chi connectivity index (χ3n) is 7.39. The molecule has 6 heteroatoms. The molecule has 174 valence electrons. The molecule has 3 aliphatic carbocycles. The second-order valence-electron chi connectivity index (χ2n) is 10.5. The van der Waals surface area contributed by atoms with Crippen LogP contribution in [0.3, 0.4) is 0 Å². The largest absolute Gasteiger partial charge is 0.459 e. The molecule has 6 nitrogen and oxygen atoms in total. The zero-order chi connectivity index (χ0) is 23.3. The van der Waals surface area contributed by atoms with Crippen LogP contribution in [0.15, 0.2) is 60.7 Å². The molecule has 1 aliphatic heterocycles. The number of alkyl carbamates (subject to hydrolysis) is 1. The van der Waals surface area contributed by atoms with Crippen LogP contribution in [0.2, 0.25) is 0 Å². The average Bonchev–Trinajstić information content (AvgIpc) is 3.59. The Bertz CT molecular complexity index is 1040. The maximum atomic E-state index is 13.4. The average molecular weight is 450 g/mol. The summed E-state index contributed by atoms with van der Waals surface area (Å²) in [5.74, 6) is -0.197. The fourth-order valence-corrected chi connectivity index (χ4v) is 5.82. The predicted molar refractivity (Wildman–Crippen MR) is 122 cm³/mol. The van der Waals surface area contributed by atoms with Crippen LogP contribution >= 0.6 is 0 Å². The van der Waals surface area contributed by atoms with Crippen molar-refractivity contribution in [2.45, 2.75) is 75.9 Å². The number of carbonyl (C=O) groups excluding carboxylic acids is 2. The third-order valence-corrected chi connectivity index (χ3v) is 7.39. The number of carbonyl (C=O) groups is 2. The molecule has 2 aromatic carbocycles. The van der Waals surface area contributed by atoms with Gasteiger partial charge in [0, 0.05) is 0 Å². The summed E-state index contributed by atoms with van der Waals surface area (Å²) in [5, 5.41) is 3.19. The van der Waals surface area contributed by atoms with Gasteiger partial charge in [-0.2, -0.15) is 0 Å². The van der Waals surface area contributed by atoms with E-state index in [1.165, 1.54) is 0 Å². The van der Waals surface area contributed by atoms with Crippen molar-refractivity contribution in [2.75, 3.05) is 0 Å². The highest BCUT2D eigenvalue weighted by molar-refractivity contribution is 5.81. The number of rotatable bonds is 5. The van der Waals surface area contributed by atoms with Crippen LogP contribution in [0.25, 0.3) is 0 Å². The van der Waals surface area contributed by atoms with Crippen molar-refractivity contribution in [3.63, 3.8) is 0 Å². The highest BCUT2D eigenvalue weighted by atomic mass is 16.6. The van der Waals surface area contributed by atoms with Crippen LogP contribution in [-0.4, -0.2) is 29.3 Å². The second-order valence-corrected chi connectivity index (χ2v) is 10.5. The van der Waals surface area contributed by atoms with Crippen LogP contribution in [0, 0.1) is 5.41 Å². The topological polar surface area (TPSA) is 77.2 Å². The van der Waals surface area contributed by atoms with Crippen molar-refractivity contribution in [2.24, 2.45) is 5.41 Å². The SMILES string of the molecule is CC(C)(C)OC(=O)C12CCC(NC(=O)OCc3ccccc3)(CC1)C1(c3ccccc3)OC21. The van der Waals surface area contributed by atoms with E-state index in [2.05, 4.69) is 5.32 Å². The molecule has 2 unspecified atom stereocenters. The van der Waals surface area contributed by atoms with Gasteiger partial charge in [0.1, 0.15) is 23.9 Å². The fourth-order valence-electron chi connectivity index (χ4n) is 5.82. The summed E-state index contributed by atoms with van der Waals surface area (Å²) in [4.78, 5) is 26.3. The summed E-state index contributed by atoms with van der Waals surface area (Å²) >= 11 is 0. The molecular formula is C27H31NO5. The number of amides is 1. The summed E-state index contributed by atoms with van der Waals surface area (Å²) in [6.07, 6.45) is 1.67. The van der Waals surface area contributed by atoms with E-state index in [1.54, 1.807) is 0 Å². The molecule has 0 aromatic heterocycles. The Labute approximate surface area is 194 Å².